The molecular formula is C23H27ClN6. The molecule has 156 valence electrons. The van der Waals surface area contributed by atoms with Crippen molar-refractivity contribution in [1.82, 2.24) is 14.9 Å². The minimum Gasteiger partial charge on any atom is -0.369 e. The highest BCUT2D eigenvalue weighted by atomic mass is 35.5. The van der Waals surface area contributed by atoms with Gasteiger partial charge in [0.1, 0.15) is 5.02 Å². The van der Waals surface area contributed by atoms with E-state index in [1.54, 1.807) is 6.20 Å². The molecule has 0 unspecified atom stereocenters. The van der Waals surface area contributed by atoms with Gasteiger partial charge in [0.15, 0.2) is 5.82 Å². The van der Waals surface area contributed by atoms with Gasteiger partial charge in [-0.15, -0.1) is 0 Å². The zero-order valence-electron chi connectivity index (χ0n) is 17.4. The molecule has 2 N–H and O–H groups in total. The molecule has 1 saturated heterocycles. The molecule has 1 fully saturated rings. The van der Waals surface area contributed by atoms with Crippen molar-refractivity contribution in [3.8, 4) is 0 Å². The molecule has 0 saturated carbocycles. The first kappa shape index (κ1) is 20.4. The van der Waals surface area contributed by atoms with Gasteiger partial charge < -0.3 is 20.4 Å². The molecule has 0 aliphatic carbocycles. The Morgan fingerprint density at radius 3 is 2.40 bits per heavy atom. The number of nitrogens with zero attached hydrogens (tertiary/aromatic N) is 4. The number of nitrogens with one attached hydrogen (secondary N) is 2. The molecule has 1 aliphatic heterocycles. The second kappa shape index (κ2) is 9.32. The molecule has 4 rings (SSSR count). The molecule has 30 heavy (non-hydrogen) atoms. The summed E-state index contributed by atoms with van der Waals surface area (Å²) in [6, 6.07) is 16.4. The van der Waals surface area contributed by atoms with E-state index in [9.17, 15) is 0 Å². The molecule has 6 nitrogen and oxygen atoms in total. The van der Waals surface area contributed by atoms with E-state index >= 15 is 0 Å². The van der Waals surface area contributed by atoms with Crippen LogP contribution < -0.4 is 15.5 Å². The zero-order chi connectivity index (χ0) is 20.9. The number of piperazine rings is 1. The summed E-state index contributed by atoms with van der Waals surface area (Å²) in [5.41, 5.74) is 4.28. The number of likely N-dealkylation sites (N-methyl/N-ethyl adjacent to an activating group) is 1. The maximum Gasteiger partial charge on any atom is 0.229 e. The van der Waals surface area contributed by atoms with E-state index in [4.69, 9.17) is 11.6 Å². The minimum absolute atomic E-state index is 0.477. The number of anilines is 5. The first-order valence-electron chi connectivity index (χ1n) is 10.3. The maximum atomic E-state index is 6.30. The monoisotopic (exact) mass is 422 g/mol. The van der Waals surface area contributed by atoms with Crippen LogP contribution in [0.3, 0.4) is 0 Å². The fourth-order valence-corrected chi connectivity index (χ4v) is 3.70. The highest BCUT2D eigenvalue weighted by Gasteiger charge is 2.15. The van der Waals surface area contributed by atoms with Crippen molar-refractivity contribution in [2.45, 2.75) is 13.8 Å². The van der Waals surface area contributed by atoms with Crippen LogP contribution in [0.1, 0.15) is 12.5 Å². The van der Waals surface area contributed by atoms with Crippen LogP contribution in [-0.2, 0) is 0 Å². The molecule has 1 aliphatic rings. The average molecular weight is 423 g/mol. The molecular weight excluding hydrogens is 396 g/mol. The van der Waals surface area contributed by atoms with Crippen LogP contribution in [0.15, 0.2) is 54.7 Å². The van der Waals surface area contributed by atoms with Crippen molar-refractivity contribution >= 4 is 40.4 Å². The summed E-state index contributed by atoms with van der Waals surface area (Å²) in [4.78, 5) is 13.8. The Labute approximate surface area is 182 Å². The molecule has 3 aromatic rings. The highest BCUT2D eigenvalue weighted by molar-refractivity contribution is 6.32. The molecule has 0 spiro atoms. The number of para-hydroxylation sites is 1. The molecule has 2 aromatic carbocycles. The van der Waals surface area contributed by atoms with E-state index in [0.29, 0.717) is 16.8 Å². The van der Waals surface area contributed by atoms with Crippen LogP contribution in [0.2, 0.25) is 5.02 Å². The van der Waals surface area contributed by atoms with Crippen LogP contribution in [0.5, 0.6) is 0 Å². The Hall–Kier alpha value is -2.83. The summed E-state index contributed by atoms with van der Waals surface area (Å²) < 4.78 is 0. The zero-order valence-corrected chi connectivity index (χ0v) is 18.2. The molecule has 7 heteroatoms. The van der Waals surface area contributed by atoms with Gasteiger partial charge in [0.25, 0.3) is 0 Å². The fourth-order valence-electron chi connectivity index (χ4n) is 3.56. The van der Waals surface area contributed by atoms with Gasteiger partial charge in [-0.3, -0.25) is 0 Å². The van der Waals surface area contributed by atoms with E-state index in [-0.39, 0.29) is 0 Å². The van der Waals surface area contributed by atoms with Crippen LogP contribution in [0.4, 0.5) is 28.8 Å². The maximum absolute atomic E-state index is 6.30. The van der Waals surface area contributed by atoms with Crippen LogP contribution in [-0.4, -0.2) is 47.6 Å². The number of hydrogen-bond donors (Lipinski definition) is 2. The Morgan fingerprint density at radius 2 is 1.70 bits per heavy atom. The largest absolute Gasteiger partial charge is 0.369 e. The highest BCUT2D eigenvalue weighted by Crippen LogP contribution is 2.27. The Kier molecular flexibility index (Phi) is 6.35. The van der Waals surface area contributed by atoms with Crippen LogP contribution in [0, 0.1) is 6.92 Å². The lowest BCUT2D eigenvalue weighted by Crippen LogP contribution is -2.46. The minimum atomic E-state index is 0.477. The summed E-state index contributed by atoms with van der Waals surface area (Å²) in [6.07, 6.45) is 1.61. The van der Waals surface area contributed by atoms with Crippen molar-refractivity contribution in [3.63, 3.8) is 0 Å². The van der Waals surface area contributed by atoms with Gasteiger partial charge in [0.05, 0.1) is 6.20 Å². The average Bonchev–Trinajstić information content (AvgIpc) is 2.78. The van der Waals surface area contributed by atoms with Gasteiger partial charge >= 0.3 is 0 Å². The normalized spacial score (nSPS) is 14.6. The van der Waals surface area contributed by atoms with Gasteiger partial charge in [-0.05, 0) is 49.4 Å². The van der Waals surface area contributed by atoms with Crippen molar-refractivity contribution in [2.24, 2.45) is 0 Å². The molecule has 2 heterocycles. The van der Waals surface area contributed by atoms with E-state index in [0.717, 1.165) is 49.7 Å². The second-order valence-electron chi connectivity index (χ2n) is 7.42. The summed E-state index contributed by atoms with van der Waals surface area (Å²) in [5, 5.41) is 7.04. The quantitative estimate of drug-likeness (QED) is 0.578. The number of aryl methyl sites for hydroxylation is 1. The standard InChI is InChI=1S/C23H27ClN6/c1-3-29-12-14-30(15-13-29)19-10-8-18(9-11-19)26-23-25-16-20(24)22(28-23)27-21-7-5-4-6-17(21)2/h4-11,16H,3,12-15H2,1-2H3,(H2,25,26,27,28). The van der Waals surface area contributed by atoms with Crippen LogP contribution >= 0.6 is 11.6 Å². The fraction of sp³-hybridized carbons (Fsp3) is 0.304. The molecule has 0 radical (unpaired) electrons. The number of rotatable bonds is 6. The molecule has 1 aromatic heterocycles. The van der Waals surface area contributed by atoms with Crippen molar-refractivity contribution in [3.05, 3.63) is 65.3 Å². The lowest BCUT2D eigenvalue weighted by atomic mass is 10.2. The van der Waals surface area contributed by atoms with Gasteiger partial charge in [-0.1, -0.05) is 36.7 Å². The summed E-state index contributed by atoms with van der Waals surface area (Å²) in [7, 11) is 0. The van der Waals surface area contributed by atoms with Crippen molar-refractivity contribution in [2.75, 3.05) is 48.3 Å². The van der Waals surface area contributed by atoms with E-state index < -0.39 is 0 Å². The van der Waals surface area contributed by atoms with Gasteiger partial charge in [0, 0.05) is 43.2 Å². The number of benzene rings is 2. The third kappa shape index (κ3) is 4.83. The third-order valence-electron chi connectivity index (χ3n) is 5.45. The van der Waals surface area contributed by atoms with Gasteiger partial charge in [-0.2, -0.15) is 4.98 Å². The topological polar surface area (TPSA) is 56.3 Å². The predicted octanol–water partition coefficient (Wildman–Crippen LogP) is 5.07. The first-order valence-corrected chi connectivity index (χ1v) is 10.7. The predicted molar refractivity (Wildman–Crippen MR) is 126 cm³/mol. The van der Waals surface area contributed by atoms with Crippen molar-refractivity contribution < 1.29 is 0 Å². The Bertz CT molecular complexity index is 983. The third-order valence-corrected chi connectivity index (χ3v) is 5.73. The summed E-state index contributed by atoms with van der Waals surface area (Å²) in [5.74, 6) is 1.08. The smallest absolute Gasteiger partial charge is 0.229 e. The molecule has 0 atom stereocenters. The first-order chi connectivity index (χ1) is 14.6. The number of hydrogen-bond acceptors (Lipinski definition) is 6. The lowest BCUT2D eigenvalue weighted by molar-refractivity contribution is 0.271. The molecule has 0 bridgehead atoms. The van der Waals surface area contributed by atoms with Crippen molar-refractivity contribution in [1.29, 1.82) is 0 Å². The second-order valence-corrected chi connectivity index (χ2v) is 7.83. The van der Waals surface area contributed by atoms with Gasteiger partial charge in [-0.25, -0.2) is 4.98 Å². The lowest BCUT2D eigenvalue weighted by Gasteiger charge is -2.35. The van der Waals surface area contributed by atoms with E-state index in [1.165, 1.54) is 5.69 Å². The summed E-state index contributed by atoms with van der Waals surface area (Å²) in [6.45, 7) is 9.75. The van der Waals surface area contributed by atoms with Gasteiger partial charge in [0.2, 0.25) is 5.95 Å². The Morgan fingerprint density at radius 1 is 0.967 bits per heavy atom. The summed E-state index contributed by atoms with van der Waals surface area (Å²) >= 11 is 6.30. The SMILES string of the molecule is CCN1CCN(c2ccc(Nc3ncc(Cl)c(Nc4ccccc4C)n3)cc2)CC1. The molecule has 0 amide bonds. The van der Waals surface area contributed by atoms with E-state index in [1.807, 2.05) is 31.2 Å². The Balaban J connectivity index is 1.43. The number of aromatic nitrogens is 2. The van der Waals surface area contributed by atoms with Crippen LogP contribution in [0.25, 0.3) is 0 Å². The van der Waals surface area contributed by atoms with E-state index in [2.05, 4.69) is 61.6 Å². The number of halogens is 1.